The monoisotopic (exact) mass is 322 g/mol. The van der Waals surface area contributed by atoms with Gasteiger partial charge in [-0.25, -0.2) is 0 Å². The van der Waals surface area contributed by atoms with E-state index in [1.54, 1.807) is 0 Å². The Kier molecular flexibility index (Phi) is 8.78. The quantitative estimate of drug-likeness (QED) is 0.432. The second-order valence-electron chi connectivity index (χ2n) is 5.85. The van der Waals surface area contributed by atoms with Crippen LogP contribution in [0.3, 0.4) is 0 Å². The van der Waals surface area contributed by atoms with Crippen molar-refractivity contribution in [3.05, 3.63) is 0 Å². The highest BCUT2D eigenvalue weighted by Gasteiger charge is 2.37. The van der Waals surface area contributed by atoms with Crippen LogP contribution in [-0.2, 0) is 23.8 Å². The summed E-state index contributed by atoms with van der Waals surface area (Å²) in [7, 11) is -3.41. The van der Waals surface area contributed by atoms with Gasteiger partial charge in [-0.15, -0.1) is 0 Å². The molecule has 0 aromatic heterocycles. The van der Waals surface area contributed by atoms with Crippen LogP contribution in [0.25, 0.3) is 0 Å². The average molecular weight is 322 g/mol. The molecular weight excluding hydrogens is 292 g/mol. The minimum Gasteiger partial charge on any atom is -0.381 e. The molecule has 1 saturated carbocycles. The predicted octanol–water partition coefficient (Wildman–Crippen LogP) is 2.74. The van der Waals surface area contributed by atoms with Crippen molar-refractivity contribution in [2.75, 3.05) is 26.1 Å². The van der Waals surface area contributed by atoms with Crippen LogP contribution in [0.2, 0.25) is 0 Å². The van der Waals surface area contributed by atoms with Gasteiger partial charge in [0.25, 0.3) is 10.1 Å². The van der Waals surface area contributed by atoms with Crippen molar-refractivity contribution < 1.29 is 22.1 Å². The second kappa shape index (κ2) is 9.77. The van der Waals surface area contributed by atoms with E-state index in [2.05, 4.69) is 13.8 Å². The van der Waals surface area contributed by atoms with Gasteiger partial charge in [-0.05, 0) is 19.3 Å². The van der Waals surface area contributed by atoms with Crippen molar-refractivity contribution in [2.45, 2.75) is 64.6 Å². The van der Waals surface area contributed by atoms with Crippen molar-refractivity contribution in [1.29, 1.82) is 0 Å². The molecule has 0 N–H and O–H groups in total. The van der Waals surface area contributed by atoms with Crippen LogP contribution >= 0.6 is 0 Å². The van der Waals surface area contributed by atoms with Gasteiger partial charge < -0.3 is 9.47 Å². The van der Waals surface area contributed by atoms with Gasteiger partial charge in [-0.3, -0.25) is 4.18 Å². The van der Waals surface area contributed by atoms with Gasteiger partial charge in [0.2, 0.25) is 0 Å². The third kappa shape index (κ3) is 8.14. The smallest absolute Gasteiger partial charge is 0.264 e. The molecule has 126 valence electrons. The van der Waals surface area contributed by atoms with Crippen molar-refractivity contribution in [1.82, 2.24) is 0 Å². The van der Waals surface area contributed by atoms with E-state index in [1.807, 2.05) is 0 Å². The molecule has 0 heterocycles. The van der Waals surface area contributed by atoms with Crippen LogP contribution in [0.5, 0.6) is 0 Å². The normalized spacial score (nSPS) is 26.3. The molecule has 21 heavy (non-hydrogen) atoms. The zero-order valence-corrected chi connectivity index (χ0v) is 14.4. The first kappa shape index (κ1) is 18.9. The number of unbranched alkanes of at least 4 members (excludes halogenated alkanes) is 2. The van der Waals surface area contributed by atoms with Gasteiger partial charge in [0.1, 0.15) is 0 Å². The molecule has 0 aromatic carbocycles. The lowest BCUT2D eigenvalue weighted by Gasteiger charge is -2.19. The molecule has 1 rings (SSSR count). The maximum Gasteiger partial charge on any atom is 0.264 e. The minimum atomic E-state index is -3.41. The summed E-state index contributed by atoms with van der Waals surface area (Å²) in [4.78, 5) is 0. The summed E-state index contributed by atoms with van der Waals surface area (Å²) in [5.74, 6) is 0.227. The van der Waals surface area contributed by atoms with Crippen LogP contribution in [0.1, 0.15) is 52.4 Å². The van der Waals surface area contributed by atoms with Gasteiger partial charge >= 0.3 is 0 Å². The first-order chi connectivity index (χ1) is 9.96. The Labute approximate surface area is 129 Å². The van der Waals surface area contributed by atoms with Crippen LogP contribution in [-0.4, -0.2) is 46.7 Å². The Bertz CT molecular complexity index is 368. The molecule has 5 nitrogen and oxygen atoms in total. The Morgan fingerprint density at radius 1 is 1.05 bits per heavy atom. The summed E-state index contributed by atoms with van der Waals surface area (Å²) in [6.45, 7) is 6.36. The lowest BCUT2D eigenvalue weighted by molar-refractivity contribution is -0.00901. The van der Waals surface area contributed by atoms with Crippen molar-refractivity contribution in [2.24, 2.45) is 5.92 Å². The maximum absolute atomic E-state index is 11.3. The highest BCUT2D eigenvalue weighted by atomic mass is 32.2. The van der Waals surface area contributed by atoms with E-state index in [4.69, 9.17) is 13.7 Å². The van der Waals surface area contributed by atoms with Gasteiger partial charge in [-0.2, -0.15) is 8.42 Å². The summed E-state index contributed by atoms with van der Waals surface area (Å²) in [6.07, 6.45) is 6.49. The third-order valence-corrected chi connectivity index (χ3v) is 4.32. The van der Waals surface area contributed by atoms with E-state index in [1.165, 1.54) is 0 Å². The van der Waals surface area contributed by atoms with Gasteiger partial charge in [0.15, 0.2) is 0 Å². The Balaban J connectivity index is 2.45. The summed E-state index contributed by atoms with van der Waals surface area (Å²) >= 11 is 0. The molecule has 0 amide bonds. The molecule has 0 bridgehead atoms. The summed E-state index contributed by atoms with van der Waals surface area (Å²) < 4.78 is 39.3. The molecule has 3 atom stereocenters. The van der Waals surface area contributed by atoms with Crippen molar-refractivity contribution >= 4 is 10.1 Å². The SMILES string of the molecule is CCCCOC[C@H]1C[C@H](OS(C)(=O)=O)CC1OCCCC. The lowest BCUT2D eigenvalue weighted by Crippen LogP contribution is -2.23. The fraction of sp³-hybridized carbons (Fsp3) is 1.00. The maximum atomic E-state index is 11.3. The van der Waals surface area contributed by atoms with Crippen molar-refractivity contribution in [3.63, 3.8) is 0 Å². The predicted molar refractivity (Wildman–Crippen MR) is 82.8 cm³/mol. The van der Waals surface area contributed by atoms with E-state index >= 15 is 0 Å². The summed E-state index contributed by atoms with van der Waals surface area (Å²) in [5.41, 5.74) is 0. The van der Waals surface area contributed by atoms with Gasteiger partial charge in [0.05, 0.1) is 25.1 Å². The van der Waals surface area contributed by atoms with Crippen LogP contribution < -0.4 is 0 Å². The minimum absolute atomic E-state index is 0.0462. The first-order valence-electron chi connectivity index (χ1n) is 8.03. The average Bonchev–Trinajstić information content (AvgIpc) is 2.75. The number of hydrogen-bond donors (Lipinski definition) is 0. The summed E-state index contributed by atoms with van der Waals surface area (Å²) in [6, 6.07) is 0. The fourth-order valence-corrected chi connectivity index (χ4v) is 3.25. The van der Waals surface area contributed by atoms with E-state index in [9.17, 15) is 8.42 Å². The van der Waals surface area contributed by atoms with Crippen LogP contribution in [0.15, 0.2) is 0 Å². The number of ether oxygens (including phenoxy) is 2. The number of hydrogen-bond acceptors (Lipinski definition) is 5. The largest absolute Gasteiger partial charge is 0.381 e. The molecule has 1 fully saturated rings. The van der Waals surface area contributed by atoms with Gasteiger partial charge in [-0.1, -0.05) is 26.7 Å². The topological polar surface area (TPSA) is 61.8 Å². The molecule has 6 heteroatoms. The van der Waals surface area contributed by atoms with E-state index < -0.39 is 10.1 Å². The highest BCUT2D eigenvalue weighted by molar-refractivity contribution is 7.86. The second-order valence-corrected chi connectivity index (χ2v) is 7.45. The lowest BCUT2D eigenvalue weighted by atomic mass is 10.1. The molecular formula is C15H30O5S. The zero-order chi connectivity index (χ0) is 15.7. The Morgan fingerprint density at radius 2 is 1.71 bits per heavy atom. The fourth-order valence-electron chi connectivity index (χ4n) is 2.60. The van der Waals surface area contributed by atoms with Crippen LogP contribution in [0.4, 0.5) is 0 Å². The molecule has 0 saturated heterocycles. The van der Waals surface area contributed by atoms with E-state index in [0.717, 1.165) is 45.2 Å². The molecule has 0 radical (unpaired) electrons. The molecule has 0 aromatic rings. The van der Waals surface area contributed by atoms with Crippen molar-refractivity contribution in [3.8, 4) is 0 Å². The molecule has 1 aliphatic rings. The Hall–Kier alpha value is -0.170. The molecule has 1 aliphatic carbocycles. The molecule has 1 unspecified atom stereocenters. The van der Waals surface area contributed by atoms with Crippen LogP contribution in [0, 0.1) is 5.92 Å². The zero-order valence-electron chi connectivity index (χ0n) is 13.5. The Morgan fingerprint density at radius 3 is 2.33 bits per heavy atom. The molecule has 0 aliphatic heterocycles. The van der Waals surface area contributed by atoms with Gasteiger partial charge in [0, 0.05) is 25.6 Å². The first-order valence-corrected chi connectivity index (χ1v) is 9.85. The number of rotatable bonds is 11. The standard InChI is InChI=1S/C15H30O5S/c1-4-6-8-18-12-13-10-14(20-21(3,16)17)11-15(13)19-9-7-5-2/h13-15H,4-12H2,1-3H3/t13-,14+,15?/m1/s1. The molecule has 0 spiro atoms. The highest BCUT2D eigenvalue weighted by Crippen LogP contribution is 2.32. The third-order valence-electron chi connectivity index (χ3n) is 3.70. The van der Waals surface area contributed by atoms with E-state index in [-0.39, 0.29) is 18.1 Å². The van der Waals surface area contributed by atoms with E-state index in [0.29, 0.717) is 19.4 Å². The summed E-state index contributed by atoms with van der Waals surface area (Å²) in [5, 5.41) is 0.